The van der Waals surface area contributed by atoms with Crippen molar-refractivity contribution in [2.75, 3.05) is 0 Å². The predicted molar refractivity (Wildman–Crippen MR) is 159 cm³/mol. The number of hydrogen-bond donors (Lipinski definition) is 1. The van der Waals surface area contributed by atoms with Crippen molar-refractivity contribution >= 4 is 5.70 Å². The molecule has 0 unspecified atom stereocenters. The molecule has 0 aromatic heterocycles. The first-order valence-corrected chi connectivity index (χ1v) is 14.3. The number of aryl methyl sites for hydroxylation is 2. The number of nitrogens with one attached hydrogen (secondary N) is 1. The third-order valence-corrected chi connectivity index (χ3v) is 7.97. The highest BCUT2D eigenvalue weighted by Gasteiger charge is 2.38. The van der Waals surface area contributed by atoms with Crippen LogP contribution in [0.2, 0.25) is 0 Å². The molecule has 0 aliphatic heterocycles. The largest absolute Gasteiger partial charge is 0.374 e. The maximum atomic E-state index is 9.35. The fraction of sp³-hybridized carbons (Fsp3) is 0.559. The van der Waals surface area contributed by atoms with Crippen molar-refractivity contribution < 1.29 is 9.57 Å². The van der Waals surface area contributed by atoms with Crippen LogP contribution in [0.1, 0.15) is 108 Å². The Morgan fingerprint density at radius 2 is 1.71 bits per heavy atom. The molecule has 0 radical (unpaired) electrons. The van der Waals surface area contributed by atoms with Crippen LogP contribution in [0, 0.1) is 36.5 Å². The Kier molecular flexibility index (Phi) is 12.1. The zero-order valence-electron chi connectivity index (χ0n) is 25.3. The smallest absolute Gasteiger partial charge is 0.0994 e. The molecule has 2 aromatic carbocycles. The van der Waals surface area contributed by atoms with Crippen molar-refractivity contribution in [1.82, 2.24) is 5.48 Å². The monoisotopic (exact) mass is 518 g/mol. The molecule has 1 N–H and O–H groups in total. The molecule has 0 amide bonds. The van der Waals surface area contributed by atoms with E-state index in [2.05, 4.69) is 103 Å². The lowest BCUT2D eigenvalue weighted by molar-refractivity contribution is -0.132. The van der Waals surface area contributed by atoms with E-state index in [0.29, 0.717) is 11.7 Å². The number of allylic oxidation sites excluding steroid dienone is 1. The molecule has 4 heteroatoms. The number of rotatable bonds is 11. The van der Waals surface area contributed by atoms with Crippen LogP contribution in [-0.4, -0.2) is 11.7 Å². The molecule has 0 atom stereocenters. The van der Waals surface area contributed by atoms with Crippen molar-refractivity contribution in [3.05, 3.63) is 76.4 Å². The van der Waals surface area contributed by atoms with Gasteiger partial charge in [-0.25, -0.2) is 0 Å². The third kappa shape index (κ3) is 9.00. The summed E-state index contributed by atoms with van der Waals surface area (Å²) in [6.07, 6.45) is 8.23. The molecular weight excluding hydrogens is 468 g/mol. The minimum atomic E-state index is -0.327. The summed E-state index contributed by atoms with van der Waals surface area (Å²) in [4.78, 5) is 6.17. The van der Waals surface area contributed by atoms with Crippen LogP contribution in [0.3, 0.4) is 0 Å². The van der Waals surface area contributed by atoms with Gasteiger partial charge in [-0.05, 0) is 87.5 Å². The Hall–Kier alpha value is -2.61. The minimum absolute atomic E-state index is 0.0478. The highest BCUT2D eigenvalue weighted by atomic mass is 16.7. The summed E-state index contributed by atoms with van der Waals surface area (Å²) in [5.41, 5.74) is 9.00. The van der Waals surface area contributed by atoms with Gasteiger partial charge in [-0.15, -0.1) is 0 Å². The van der Waals surface area contributed by atoms with Crippen LogP contribution in [0.5, 0.6) is 0 Å². The van der Waals surface area contributed by atoms with Crippen LogP contribution in [0.25, 0.3) is 5.70 Å². The first kappa shape index (κ1) is 31.6. The lowest BCUT2D eigenvalue weighted by atomic mass is 9.74. The van der Waals surface area contributed by atoms with Gasteiger partial charge in [0.2, 0.25) is 0 Å². The lowest BCUT2D eigenvalue weighted by Gasteiger charge is -2.41. The van der Waals surface area contributed by atoms with E-state index in [9.17, 15) is 5.26 Å². The van der Waals surface area contributed by atoms with Crippen LogP contribution in [0.4, 0.5) is 0 Å². The van der Waals surface area contributed by atoms with Gasteiger partial charge in [0.05, 0.1) is 35.6 Å². The molecule has 0 bridgehead atoms. The third-order valence-electron chi connectivity index (χ3n) is 7.97. The summed E-state index contributed by atoms with van der Waals surface area (Å²) >= 11 is 0. The number of hydroxylamine groups is 1. The van der Waals surface area contributed by atoms with Gasteiger partial charge in [0, 0.05) is 5.56 Å². The Morgan fingerprint density at radius 3 is 2.26 bits per heavy atom. The van der Waals surface area contributed by atoms with Gasteiger partial charge < -0.3 is 4.74 Å². The summed E-state index contributed by atoms with van der Waals surface area (Å²) in [7, 11) is 0. The van der Waals surface area contributed by atoms with Crippen LogP contribution in [0.15, 0.2) is 48.5 Å². The number of nitriles is 1. The quantitative estimate of drug-likeness (QED) is 0.301. The summed E-state index contributed by atoms with van der Waals surface area (Å²) in [5, 5.41) is 9.35. The number of nitrogens with zero attached hydrogens (tertiary/aromatic N) is 1. The maximum Gasteiger partial charge on any atom is 0.0994 e. The highest BCUT2D eigenvalue weighted by Crippen LogP contribution is 2.38. The zero-order chi connectivity index (χ0) is 28.3. The Balaban J connectivity index is 0.000000323. The molecule has 0 spiro atoms. The van der Waals surface area contributed by atoms with E-state index < -0.39 is 0 Å². The molecule has 0 saturated heterocycles. The van der Waals surface area contributed by atoms with Crippen LogP contribution >= 0.6 is 0 Å². The molecule has 208 valence electrons. The second kappa shape index (κ2) is 14.5. The Morgan fingerprint density at radius 1 is 1.05 bits per heavy atom. The topological polar surface area (TPSA) is 54.3 Å². The van der Waals surface area contributed by atoms with Gasteiger partial charge in [0.1, 0.15) is 0 Å². The SMILES string of the molecule is CC/C=C(/NOC(C)(C)C(C)(C)CCC)c1cc(C#N)c(C)cc1C.CC1CC(OCc2ccccc2)C1. The van der Waals surface area contributed by atoms with Crippen molar-refractivity contribution in [1.29, 1.82) is 5.26 Å². The van der Waals surface area contributed by atoms with Gasteiger partial charge in [-0.1, -0.05) is 83.5 Å². The normalized spacial score (nSPS) is 17.6. The second-order valence-electron chi connectivity index (χ2n) is 12.0. The first-order valence-electron chi connectivity index (χ1n) is 14.3. The molecule has 0 heterocycles. The standard InChI is InChI=1S/C22H34N2O.C12H16O/c1-9-11-20(19-14-18(15-23)16(3)13-17(19)4)24-25-22(7,8)21(5,6)12-10-2;1-10-7-12(8-10)13-9-11-5-3-2-4-6-11/h11,13-14,24H,9-10,12H2,1-8H3;2-6,10,12H,7-9H2,1H3/b20-11+;. The van der Waals surface area contributed by atoms with Crippen molar-refractivity contribution in [3.63, 3.8) is 0 Å². The summed E-state index contributed by atoms with van der Waals surface area (Å²) < 4.78 is 5.73. The van der Waals surface area contributed by atoms with Crippen molar-refractivity contribution in [2.24, 2.45) is 11.3 Å². The molecule has 3 rings (SSSR count). The van der Waals surface area contributed by atoms with E-state index in [1.807, 2.05) is 19.1 Å². The minimum Gasteiger partial charge on any atom is -0.374 e. The molecule has 1 aliphatic carbocycles. The van der Waals surface area contributed by atoms with Gasteiger partial charge in [0.25, 0.3) is 0 Å². The molecule has 2 aromatic rings. The zero-order valence-corrected chi connectivity index (χ0v) is 25.3. The summed E-state index contributed by atoms with van der Waals surface area (Å²) in [6.45, 7) is 20.1. The van der Waals surface area contributed by atoms with Crippen molar-refractivity contribution in [3.8, 4) is 6.07 Å². The fourth-order valence-corrected chi connectivity index (χ4v) is 4.67. The number of ether oxygens (including phenoxy) is 1. The fourth-order valence-electron chi connectivity index (χ4n) is 4.67. The Bertz CT molecular complexity index is 1070. The van der Waals surface area contributed by atoms with E-state index in [4.69, 9.17) is 9.57 Å². The molecule has 1 saturated carbocycles. The second-order valence-corrected chi connectivity index (χ2v) is 12.0. The number of benzene rings is 2. The van der Waals surface area contributed by atoms with E-state index >= 15 is 0 Å². The maximum absolute atomic E-state index is 9.35. The summed E-state index contributed by atoms with van der Waals surface area (Å²) in [6, 6.07) is 16.7. The Labute approximate surface area is 232 Å². The van der Waals surface area contributed by atoms with Gasteiger partial charge in [-0.2, -0.15) is 5.26 Å². The summed E-state index contributed by atoms with van der Waals surface area (Å²) in [5.74, 6) is 0.876. The van der Waals surface area contributed by atoms with Gasteiger partial charge in [-0.3, -0.25) is 10.3 Å². The molecule has 1 fully saturated rings. The first-order chi connectivity index (χ1) is 17.9. The predicted octanol–water partition coefficient (Wildman–Crippen LogP) is 9.05. The molecule has 4 nitrogen and oxygen atoms in total. The molecule has 1 aliphatic rings. The van der Waals surface area contributed by atoms with Gasteiger partial charge >= 0.3 is 0 Å². The average molecular weight is 519 g/mol. The average Bonchev–Trinajstić information content (AvgIpc) is 2.85. The van der Waals surface area contributed by atoms with E-state index in [0.717, 1.165) is 54.2 Å². The van der Waals surface area contributed by atoms with E-state index in [1.54, 1.807) is 0 Å². The van der Waals surface area contributed by atoms with E-state index in [1.165, 1.54) is 18.4 Å². The molecular formula is C34H50N2O2. The van der Waals surface area contributed by atoms with Crippen molar-refractivity contribution in [2.45, 2.75) is 113 Å². The van der Waals surface area contributed by atoms with Crippen LogP contribution < -0.4 is 5.48 Å². The number of hydrogen-bond acceptors (Lipinski definition) is 4. The lowest BCUT2D eigenvalue weighted by Crippen LogP contribution is -2.45. The molecule has 38 heavy (non-hydrogen) atoms. The highest BCUT2D eigenvalue weighted by molar-refractivity contribution is 5.68. The van der Waals surface area contributed by atoms with Gasteiger partial charge in [0.15, 0.2) is 0 Å². The van der Waals surface area contributed by atoms with Crippen LogP contribution in [-0.2, 0) is 16.2 Å². The van der Waals surface area contributed by atoms with E-state index in [-0.39, 0.29) is 11.0 Å².